The minimum absolute atomic E-state index is 0.228. The molecule has 1 N–H and O–H groups in total. The van der Waals surface area contributed by atoms with E-state index in [-0.39, 0.29) is 12.4 Å². The molecule has 1 fully saturated rings. The van der Waals surface area contributed by atoms with Crippen LogP contribution in [0.1, 0.15) is 24.8 Å². The highest BCUT2D eigenvalue weighted by molar-refractivity contribution is 6.30. The fraction of sp³-hybridized carbons (Fsp3) is 0.647. The van der Waals surface area contributed by atoms with Crippen LogP contribution < -0.4 is 0 Å². The summed E-state index contributed by atoms with van der Waals surface area (Å²) in [6.07, 6.45) is 2.93. The Morgan fingerprint density at radius 1 is 1.41 bits per heavy atom. The first-order chi connectivity index (χ1) is 10.5. The van der Waals surface area contributed by atoms with Crippen molar-refractivity contribution in [3.8, 4) is 0 Å². The van der Waals surface area contributed by atoms with Crippen molar-refractivity contribution in [2.24, 2.45) is 5.92 Å². The van der Waals surface area contributed by atoms with Crippen molar-refractivity contribution in [3.05, 3.63) is 34.6 Å². The molecule has 0 bridgehead atoms. The van der Waals surface area contributed by atoms with Gasteiger partial charge in [0.2, 0.25) is 0 Å². The second kappa shape index (κ2) is 8.25. The van der Waals surface area contributed by atoms with E-state index in [0.29, 0.717) is 29.1 Å². The van der Waals surface area contributed by atoms with Crippen LogP contribution in [0.25, 0.3) is 0 Å². The molecule has 0 spiro atoms. The first-order valence-corrected chi connectivity index (χ1v) is 8.32. The second-order valence-corrected chi connectivity index (χ2v) is 6.85. The maximum Gasteiger partial charge on any atom is 0.129 e. The van der Waals surface area contributed by atoms with Crippen LogP contribution in [0.15, 0.2) is 18.2 Å². The molecule has 0 aromatic heterocycles. The highest BCUT2D eigenvalue weighted by Gasteiger charge is 2.30. The van der Waals surface area contributed by atoms with Crippen LogP contribution in [0.3, 0.4) is 0 Å². The molecular weight excluding hydrogens is 303 g/mol. The standard InChI is InChI=1S/C17H26ClFN2O/c1-20(2)17-7-8-21(12-14(17)4-3-9-22)11-13-5-6-15(18)10-16(13)19/h5-6,10,14,17,22H,3-4,7-9,11-12H2,1-2H3/t14-,17+/m0/s1. The van der Waals surface area contributed by atoms with Crippen molar-refractivity contribution in [1.29, 1.82) is 0 Å². The largest absolute Gasteiger partial charge is 0.396 e. The summed E-state index contributed by atoms with van der Waals surface area (Å²) in [7, 11) is 4.23. The van der Waals surface area contributed by atoms with Gasteiger partial charge in [-0.1, -0.05) is 17.7 Å². The zero-order chi connectivity index (χ0) is 16.1. The van der Waals surface area contributed by atoms with E-state index in [4.69, 9.17) is 16.7 Å². The van der Waals surface area contributed by atoms with E-state index in [1.165, 1.54) is 6.07 Å². The van der Waals surface area contributed by atoms with Crippen molar-refractivity contribution >= 4 is 11.6 Å². The van der Waals surface area contributed by atoms with Crippen molar-refractivity contribution < 1.29 is 9.50 Å². The number of rotatable bonds is 6. The topological polar surface area (TPSA) is 26.7 Å². The van der Waals surface area contributed by atoms with Crippen molar-refractivity contribution in [2.45, 2.75) is 31.8 Å². The zero-order valence-electron chi connectivity index (χ0n) is 13.4. The summed E-state index contributed by atoms with van der Waals surface area (Å²) in [5.41, 5.74) is 0.702. The lowest BCUT2D eigenvalue weighted by Gasteiger charge is -2.41. The van der Waals surface area contributed by atoms with E-state index in [2.05, 4.69) is 23.9 Å². The molecular formula is C17H26ClFN2O. The van der Waals surface area contributed by atoms with Crippen LogP contribution in [0.4, 0.5) is 4.39 Å². The molecule has 3 nitrogen and oxygen atoms in total. The summed E-state index contributed by atoms with van der Waals surface area (Å²) < 4.78 is 14.0. The average Bonchev–Trinajstić information content (AvgIpc) is 2.48. The van der Waals surface area contributed by atoms with Gasteiger partial charge < -0.3 is 10.0 Å². The molecule has 2 rings (SSSR count). The Morgan fingerprint density at radius 2 is 2.18 bits per heavy atom. The number of likely N-dealkylation sites (tertiary alicyclic amines) is 1. The number of halogens is 2. The zero-order valence-corrected chi connectivity index (χ0v) is 14.2. The summed E-state index contributed by atoms with van der Waals surface area (Å²) in [6.45, 7) is 2.78. The van der Waals surface area contributed by atoms with Gasteiger partial charge >= 0.3 is 0 Å². The van der Waals surface area contributed by atoms with E-state index >= 15 is 0 Å². The number of piperidine rings is 1. The molecule has 5 heteroatoms. The molecule has 1 heterocycles. The quantitative estimate of drug-likeness (QED) is 0.869. The molecule has 0 unspecified atom stereocenters. The number of hydrogen-bond donors (Lipinski definition) is 1. The Labute approximate surface area is 137 Å². The number of aliphatic hydroxyl groups is 1. The number of aliphatic hydroxyl groups excluding tert-OH is 1. The lowest BCUT2D eigenvalue weighted by Crippen LogP contribution is -2.48. The fourth-order valence-corrected chi connectivity index (χ4v) is 3.61. The smallest absolute Gasteiger partial charge is 0.129 e. The van der Waals surface area contributed by atoms with Gasteiger partial charge in [-0.2, -0.15) is 0 Å². The highest BCUT2D eigenvalue weighted by Crippen LogP contribution is 2.26. The summed E-state index contributed by atoms with van der Waals surface area (Å²) in [4.78, 5) is 4.59. The molecule has 1 aliphatic rings. The average molecular weight is 329 g/mol. The van der Waals surface area contributed by atoms with Gasteiger partial charge in [0.1, 0.15) is 5.82 Å². The maximum absolute atomic E-state index is 14.0. The van der Waals surface area contributed by atoms with E-state index in [9.17, 15) is 4.39 Å². The van der Waals surface area contributed by atoms with Gasteiger partial charge in [-0.3, -0.25) is 4.90 Å². The molecule has 1 aromatic carbocycles. The summed E-state index contributed by atoms with van der Waals surface area (Å²) in [6, 6.07) is 5.44. The minimum atomic E-state index is -0.228. The first-order valence-electron chi connectivity index (χ1n) is 7.95. The van der Waals surface area contributed by atoms with Gasteiger partial charge in [0.15, 0.2) is 0 Å². The number of hydrogen-bond acceptors (Lipinski definition) is 3. The molecule has 0 radical (unpaired) electrons. The lowest BCUT2D eigenvalue weighted by atomic mass is 9.87. The molecule has 1 aliphatic heterocycles. The third-order valence-corrected chi connectivity index (χ3v) is 4.82. The van der Waals surface area contributed by atoms with Gasteiger partial charge in [-0.05, 0) is 58.0 Å². The third-order valence-electron chi connectivity index (χ3n) is 4.58. The monoisotopic (exact) mass is 328 g/mol. The molecule has 1 aromatic rings. The van der Waals surface area contributed by atoms with Crippen LogP contribution in [0.2, 0.25) is 5.02 Å². The maximum atomic E-state index is 14.0. The molecule has 2 atom stereocenters. The van der Waals surface area contributed by atoms with Crippen LogP contribution in [0, 0.1) is 11.7 Å². The molecule has 0 aliphatic carbocycles. The second-order valence-electron chi connectivity index (χ2n) is 6.42. The van der Waals surface area contributed by atoms with Gasteiger partial charge in [0.05, 0.1) is 0 Å². The molecule has 0 amide bonds. The molecule has 124 valence electrons. The normalized spacial score (nSPS) is 23.2. The van der Waals surface area contributed by atoms with Crippen molar-refractivity contribution in [2.75, 3.05) is 33.8 Å². The van der Waals surface area contributed by atoms with Gasteiger partial charge in [0, 0.05) is 36.3 Å². The Bertz CT molecular complexity index is 484. The highest BCUT2D eigenvalue weighted by atomic mass is 35.5. The Hall–Kier alpha value is -0.680. The molecule has 22 heavy (non-hydrogen) atoms. The number of benzene rings is 1. The van der Waals surface area contributed by atoms with Crippen LogP contribution >= 0.6 is 11.6 Å². The van der Waals surface area contributed by atoms with Crippen molar-refractivity contribution in [3.63, 3.8) is 0 Å². The Morgan fingerprint density at radius 3 is 2.82 bits per heavy atom. The Kier molecular flexibility index (Phi) is 6.63. The van der Waals surface area contributed by atoms with Gasteiger partial charge in [-0.15, -0.1) is 0 Å². The van der Waals surface area contributed by atoms with E-state index in [1.54, 1.807) is 12.1 Å². The lowest BCUT2D eigenvalue weighted by molar-refractivity contribution is 0.0711. The van der Waals surface area contributed by atoms with Gasteiger partial charge in [-0.25, -0.2) is 4.39 Å². The van der Waals surface area contributed by atoms with E-state index in [1.807, 2.05) is 0 Å². The van der Waals surface area contributed by atoms with Gasteiger partial charge in [0.25, 0.3) is 0 Å². The molecule has 1 saturated heterocycles. The summed E-state index contributed by atoms with van der Waals surface area (Å²) in [5, 5.41) is 9.53. The van der Waals surface area contributed by atoms with Crippen LogP contribution in [0.5, 0.6) is 0 Å². The Balaban J connectivity index is 2.00. The fourth-order valence-electron chi connectivity index (χ4n) is 3.45. The summed E-state index contributed by atoms with van der Waals surface area (Å²) >= 11 is 5.81. The SMILES string of the molecule is CN(C)[C@@H]1CCN(Cc2ccc(Cl)cc2F)C[C@@H]1CCCO. The van der Waals surface area contributed by atoms with E-state index in [0.717, 1.165) is 32.4 Å². The van der Waals surface area contributed by atoms with Crippen LogP contribution in [-0.4, -0.2) is 54.7 Å². The predicted molar refractivity (Wildman–Crippen MR) is 88.6 cm³/mol. The number of nitrogens with zero attached hydrogens (tertiary/aromatic N) is 2. The van der Waals surface area contributed by atoms with Crippen LogP contribution in [-0.2, 0) is 6.54 Å². The third kappa shape index (κ3) is 4.66. The minimum Gasteiger partial charge on any atom is -0.396 e. The first kappa shape index (κ1) is 17.7. The van der Waals surface area contributed by atoms with E-state index < -0.39 is 0 Å². The molecule has 0 saturated carbocycles. The predicted octanol–water partition coefficient (Wildman–Crippen LogP) is 3.00. The summed E-state index contributed by atoms with van der Waals surface area (Å²) in [5.74, 6) is 0.292. The van der Waals surface area contributed by atoms with Crippen molar-refractivity contribution in [1.82, 2.24) is 9.80 Å².